The zero-order valence-electron chi connectivity index (χ0n) is 10.3. The van der Waals surface area contributed by atoms with Gasteiger partial charge < -0.3 is 14.4 Å². The largest absolute Gasteiger partial charge is 0.449 e. The van der Waals surface area contributed by atoms with Crippen LogP contribution < -0.4 is 0 Å². The third kappa shape index (κ3) is 2.22. The van der Waals surface area contributed by atoms with Crippen molar-refractivity contribution in [2.45, 2.75) is 6.42 Å². The van der Waals surface area contributed by atoms with Crippen molar-refractivity contribution in [3.63, 3.8) is 0 Å². The van der Waals surface area contributed by atoms with Gasteiger partial charge in [-0.1, -0.05) is 23.7 Å². The van der Waals surface area contributed by atoms with Crippen molar-refractivity contribution in [3.05, 3.63) is 35.0 Å². The summed E-state index contributed by atoms with van der Waals surface area (Å²) in [6.45, 7) is 1.37. The summed E-state index contributed by atoms with van der Waals surface area (Å²) in [7, 11) is 0. The number of carbonyl (C=O) groups excluding carboxylic acids is 1. The second kappa shape index (κ2) is 4.87. The zero-order chi connectivity index (χ0) is 13.4. The number of para-hydroxylation sites is 1. The highest BCUT2D eigenvalue weighted by molar-refractivity contribution is 6.34. The zero-order valence-corrected chi connectivity index (χ0v) is 11.1. The molecule has 0 spiro atoms. The maximum atomic E-state index is 12.3. The first-order valence-electron chi connectivity index (χ1n) is 6.27. The monoisotopic (exact) mass is 279 g/mol. The molecule has 0 bridgehead atoms. The Kier molecular flexibility index (Phi) is 3.21. The van der Waals surface area contributed by atoms with Crippen LogP contribution in [0.25, 0.3) is 11.0 Å². The fourth-order valence-electron chi connectivity index (χ4n) is 2.45. The van der Waals surface area contributed by atoms with Crippen molar-refractivity contribution in [2.75, 3.05) is 19.7 Å². The van der Waals surface area contributed by atoms with E-state index >= 15 is 0 Å². The summed E-state index contributed by atoms with van der Waals surface area (Å²) < 4.78 is 5.56. The number of hydrogen-bond acceptors (Lipinski definition) is 3. The molecule has 1 aliphatic heterocycles. The Hall–Kier alpha value is -1.52. The lowest BCUT2D eigenvalue weighted by Gasteiger charge is -2.13. The van der Waals surface area contributed by atoms with Crippen molar-refractivity contribution < 1.29 is 14.3 Å². The van der Waals surface area contributed by atoms with Crippen LogP contribution >= 0.6 is 11.6 Å². The van der Waals surface area contributed by atoms with Crippen molar-refractivity contribution in [1.82, 2.24) is 4.90 Å². The number of halogens is 1. The first-order valence-corrected chi connectivity index (χ1v) is 6.65. The van der Waals surface area contributed by atoms with Crippen molar-refractivity contribution in [1.29, 1.82) is 0 Å². The van der Waals surface area contributed by atoms with Gasteiger partial charge in [-0.05, 0) is 18.6 Å². The number of amides is 1. The van der Waals surface area contributed by atoms with E-state index in [2.05, 4.69) is 0 Å². The van der Waals surface area contributed by atoms with Crippen LogP contribution in [-0.2, 0) is 0 Å². The number of rotatable bonds is 2. The van der Waals surface area contributed by atoms with E-state index in [0.717, 1.165) is 11.8 Å². The van der Waals surface area contributed by atoms with Gasteiger partial charge in [0.15, 0.2) is 11.3 Å². The smallest absolute Gasteiger partial charge is 0.289 e. The lowest BCUT2D eigenvalue weighted by atomic mass is 10.1. The molecule has 100 valence electrons. The normalized spacial score (nSPS) is 19.3. The number of furan rings is 1. The molecular formula is C14H14ClNO3. The van der Waals surface area contributed by atoms with Gasteiger partial charge in [-0.2, -0.15) is 0 Å². The molecule has 1 saturated heterocycles. The van der Waals surface area contributed by atoms with E-state index in [1.54, 1.807) is 17.0 Å². The number of aliphatic hydroxyl groups excluding tert-OH is 1. The number of fused-ring (bicyclic) bond motifs is 1. The summed E-state index contributed by atoms with van der Waals surface area (Å²) in [5.41, 5.74) is 0.547. The third-order valence-electron chi connectivity index (χ3n) is 3.54. The lowest BCUT2D eigenvalue weighted by molar-refractivity contribution is 0.0752. The SMILES string of the molecule is O=C(c1cc2cccc(Cl)c2o1)N1CCC(CO)C1. The second-order valence-corrected chi connectivity index (χ2v) is 5.26. The third-order valence-corrected chi connectivity index (χ3v) is 3.84. The predicted octanol–water partition coefficient (Wildman–Crippen LogP) is 2.54. The Morgan fingerprint density at radius 1 is 1.53 bits per heavy atom. The maximum Gasteiger partial charge on any atom is 0.289 e. The minimum atomic E-state index is -0.136. The van der Waals surface area contributed by atoms with E-state index in [9.17, 15) is 4.79 Å². The summed E-state index contributed by atoms with van der Waals surface area (Å²) in [6, 6.07) is 7.14. The minimum absolute atomic E-state index is 0.121. The molecule has 3 rings (SSSR count). The molecular weight excluding hydrogens is 266 g/mol. The van der Waals surface area contributed by atoms with Crippen LogP contribution in [0.4, 0.5) is 0 Å². The van der Waals surface area contributed by atoms with Gasteiger partial charge in [-0.15, -0.1) is 0 Å². The highest BCUT2D eigenvalue weighted by Crippen LogP contribution is 2.28. The molecule has 0 aliphatic carbocycles. The van der Waals surface area contributed by atoms with Gasteiger partial charge in [-0.3, -0.25) is 4.79 Å². The average Bonchev–Trinajstić information content (AvgIpc) is 3.05. The number of hydrogen-bond donors (Lipinski definition) is 1. The number of nitrogens with zero attached hydrogens (tertiary/aromatic N) is 1. The summed E-state index contributed by atoms with van der Waals surface area (Å²) in [4.78, 5) is 14.0. The van der Waals surface area contributed by atoms with Crippen molar-refractivity contribution in [2.24, 2.45) is 5.92 Å². The standard InChI is InChI=1S/C14H14ClNO3/c15-11-3-1-2-10-6-12(19-13(10)11)14(18)16-5-4-9(7-16)8-17/h1-3,6,9,17H,4-5,7-8H2. The first-order chi connectivity index (χ1) is 9.19. The molecule has 1 fully saturated rings. The first kappa shape index (κ1) is 12.5. The summed E-state index contributed by atoms with van der Waals surface area (Å²) >= 11 is 6.03. The summed E-state index contributed by atoms with van der Waals surface area (Å²) in [5.74, 6) is 0.349. The Morgan fingerprint density at radius 2 is 2.37 bits per heavy atom. The van der Waals surface area contributed by atoms with Gasteiger partial charge in [0.05, 0.1) is 5.02 Å². The molecule has 1 aliphatic rings. The van der Waals surface area contributed by atoms with Gasteiger partial charge in [-0.25, -0.2) is 0 Å². The molecule has 1 amide bonds. The number of aliphatic hydroxyl groups is 1. The van der Waals surface area contributed by atoms with Crippen LogP contribution in [0.15, 0.2) is 28.7 Å². The van der Waals surface area contributed by atoms with Gasteiger partial charge in [0.25, 0.3) is 5.91 Å². The van der Waals surface area contributed by atoms with Crippen LogP contribution in [0.5, 0.6) is 0 Å². The Balaban J connectivity index is 1.88. The van der Waals surface area contributed by atoms with Crippen LogP contribution in [0.1, 0.15) is 17.0 Å². The summed E-state index contributed by atoms with van der Waals surface area (Å²) in [6.07, 6.45) is 0.837. The quantitative estimate of drug-likeness (QED) is 0.919. The molecule has 4 nitrogen and oxygen atoms in total. The maximum absolute atomic E-state index is 12.3. The van der Waals surface area contributed by atoms with Crippen LogP contribution in [0, 0.1) is 5.92 Å². The molecule has 1 aromatic carbocycles. The molecule has 0 radical (unpaired) electrons. The van der Waals surface area contributed by atoms with Crippen LogP contribution in [-0.4, -0.2) is 35.6 Å². The van der Waals surface area contributed by atoms with Gasteiger partial charge in [0.2, 0.25) is 0 Å². The van der Waals surface area contributed by atoms with E-state index in [1.807, 2.05) is 12.1 Å². The number of carbonyl (C=O) groups is 1. The van der Waals surface area contributed by atoms with Crippen molar-refractivity contribution >= 4 is 28.5 Å². The van der Waals surface area contributed by atoms with E-state index in [4.69, 9.17) is 21.1 Å². The van der Waals surface area contributed by atoms with Gasteiger partial charge >= 0.3 is 0 Å². The van der Waals surface area contributed by atoms with Crippen molar-refractivity contribution in [3.8, 4) is 0 Å². The lowest BCUT2D eigenvalue weighted by Crippen LogP contribution is -2.28. The molecule has 1 unspecified atom stereocenters. The predicted molar refractivity (Wildman–Crippen MR) is 72.3 cm³/mol. The highest BCUT2D eigenvalue weighted by atomic mass is 35.5. The molecule has 2 aromatic rings. The number of likely N-dealkylation sites (tertiary alicyclic amines) is 1. The Labute approximate surface area is 115 Å². The van der Waals surface area contributed by atoms with Gasteiger partial charge in [0.1, 0.15) is 0 Å². The molecule has 19 heavy (non-hydrogen) atoms. The number of benzene rings is 1. The molecule has 2 heterocycles. The van der Waals surface area contributed by atoms with E-state index in [-0.39, 0.29) is 18.4 Å². The molecule has 0 saturated carbocycles. The average molecular weight is 280 g/mol. The molecule has 5 heteroatoms. The fourth-order valence-corrected chi connectivity index (χ4v) is 2.68. The van der Waals surface area contributed by atoms with Crippen LogP contribution in [0.3, 0.4) is 0 Å². The molecule has 1 aromatic heterocycles. The second-order valence-electron chi connectivity index (χ2n) is 4.86. The van der Waals surface area contributed by atoms with E-state index < -0.39 is 0 Å². The molecule has 1 N–H and O–H groups in total. The van der Waals surface area contributed by atoms with E-state index in [1.165, 1.54) is 0 Å². The van der Waals surface area contributed by atoms with E-state index in [0.29, 0.717) is 29.5 Å². The van der Waals surface area contributed by atoms with Gasteiger partial charge in [0, 0.05) is 31.0 Å². The topological polar surface area (TPSA) is 53.7 Å². The summed E-state index contributed by atoms with van der Waals surface area (Å²) in [5, 5.41) is 10.4. The fraction of sp³-hybridized carbons (Fsp3) is 0.357. The minimum Gasteiger partial charge on any atom is -0.449 e. The highest BCUT2D eigenvalue weighted by Gasteiger charge is 2.28. The molecule has 1 atom stereocenters. The van der Waals surface area contributed by atoms with Crippen LogP contribution in [0.2, 0.25) is 5.02 Å². The Bertz CT molecular complexity index is 622. The Morgan fingerprint density at radius 3 is 3.05 bits per heavy atom.